The molecule has 0 unspecified atom stereocenters. The fourth-order valence-corrected chi connectivity index (χ4v) is 4.85. The normalized spacial score (nSPS) is 16.5. The maximum Gasteiger partial charge on any atom is 0.252 e. The van der Waals surface area contributed by atoms with Gasteiger partial charge >= 0.3 is 0 Å². The van der Waals surface area contributed by atoms with Gasteiger partial charge in [-0.25, -0.2) is 8.42 Å². The van der Waals surface area contributed by atoms with Crippen LogP contribution in [0.25, 0.3) is 0 Å². The Hall–Kier alpha value is -1.93. The van der Waals surface area contributed by atoms with Gasteiger partial charge in [-0.1, -0.05) is 35.9 Å². The van der Waals surface area contributed by atoms with Gasteiger partial charge in [-0.15, -0.1) is 0 Å². The number of ether oxygens (including phenoxy) is 1. The minimum atomic E-state index is -3.67. The highest BCUT2D eigenvalue weighted by Gasteiger charge is 2.27. The van der Waals surface area contributed by atoms with E-state index >= 15 is 0 Å². The standard InChI is InChI=1S/C20H23ClN2O4S/c1-14-7-8-16(28(25,26)23-9-11-27-12-10-23)13-18(14)20(24)22-15(2)17-5-3-4-6-19(17)21/h3-8,13,15H,9-12H2,1-2H3,(H,22,24)/t15-/m0/s1. The molecule has 0 radical (unpaired) electrons. The van der Waals surface area contributed by atoms with Gasteiger partial charge in [0, 0.05) is 23.7 Å². The van der Waals surface area contributed by atoms with Gasteiger partial charge in [0.15, 0.2) is 0 Å². The van der Waals surface area contributed by atoms with E-state index in [0.717, 1.165) is 5.56 Å². The lowest BCUT2D eigenvalue weighted by Crippen LogP contribution is -2.40. The number of aryl methyl sites for hydroxylation is 1. The number of halogens is 1. The number of amides is 1. The monoisotopic (exact) mass is 422 g/mol. The number of hydrogen-bond acceptors (Lipinski definition) is 4. The van der Waals surface area contributed by atoms with E-state index in [9.17, 15) is 13.2 Å². The molecule has 2 aromatic rings. The Morgan fingerprint density at radius 2 is 1.86 bits per heavy atom. The van der Waals surface area contributed by atoms with Crippen LogP contribution < -0.4 is 5.32 Å². The van der Waals surface area contributed by atoms with Crippen LogP contribution >= 0.6 is 11.6 Å². The van der Waals surface area contributed by atoms with Crippen molar-refractivity contribution in [2.24, 2.45) is 0 Å². The molecule has 1 aliphatic heterocycles. The van der Waals surface area contributed by atoms with Gasteiger partial charge in [0.25, 0.3) is 5.91 Å². The number of rotatable bonds is 5. The number of morpholine rings is 1. The number of carbonyl (C=O) groups is 1. The van der Waals surface area contributed by atoms with Crippen molar-refractivity contribution in [2.45, 2.75) is 24.8 Å². The summed E-state index contributed by atoms with van der Waals surface area (Å²) in [5.41, 5.74) is 1.82. The Bertz CT molecular complexity index is 972. The Balaban J connectivity index is 1.85. The molecule has 1 N–H and O–H groups in total. The van der Waals surface area contributed by atoms with Gasteiger partial charge < -0.3 is 10.1 Å². The summed E-state index contributed by atoms with van der Waals surface area (Å²) in [6.07, 6.45) is 0. The Morgan fingerprint density at radius 1 is 1.18 bits per heavy atom. The lowest BCUT2D eigenvalue weighted by atomic mass is 10.1. The van der Waals surface area contributed by atoms with Crippen LogP contribution in [0.3, 0.4) is 0 Å². The van der Waals surface area contributed by atoms with Crippen molar-refractivity contribution >= 4 is 27.5 Å². The van der Waals surface area contributed by atoms with E-state index in [1.54, 1.807) is 19.1 Å². The average Bonchev–Trinajstić information content (AvgIpc) is 2.69. The fourth-order valence-electron chi connectivity index (χ4n) is 3.12. The molecule has 0 aliphatic carbocycles. The summed E-state index contributed by atoms with van der Waals surface area (Å²) < 4.78 is 32.4. The summed E-state index contributed by atoms with van der Waals surface area (Å²) in [6, 6.07) is 11.6. The van der Waals surface area contributed by atoms with E-state index in [-0.39, 0.29) is 16.8 Å². The van der Waals surface area contributed by atoms with Gasteiger partial charge in [0.05, 0.1) is 24.2 Å². The molecule has 8 heteroatoms. The van der Waals surface area contributed by atoms with E-state index in [0.29, 0.717) is 42.5 Å². The van der Waals surface area contributed by atoms with E-state index in [2.05, 4.69) is 5.32 Å². The Kier molecular flexibility index (Phi) is 6.40. The molecule has 1 aliphatic rings. The van der Waals surface area contributed by atoms with Crippen LogP contribution in [0, 0.1) is 6.92 Å². The molecule has 1 heterocycles. The number of nitrogens with zero attached hydrogens (tertiary/aromatic N) is 1. The van der Waals surface area contributed by atoms with Crippen LogP contribution in [-0.4, -0.2) is 44.9 Å². The van der Waals surface area contributed by atoms with Crippen molar-refractivity contribution in [3.05, 3.63) is 64.2 Å². The summed E-state index contributed by atoms with van der Waals surface area (Å²) in [7, 11) is -3.67. The van der Waals surface area contributed by atoms with E-state index in [4.69, 9.17) is 16.3 Å². The SMILES string of the molecule is Cc1ccc(S(=O)(=O)N2CCOCC2)cc1C(=O)N[C@@H](C)c1ccccc1Cl. The first kappa shape index (κ1) is 20.8. The minimum absolute atomic E-state index is 0.107. The first-order valence-corrected chi connectivity index (χ1v) is 10.9. The summed E-state index contributed by atoms with van der Waals surface area (Å²) >= 11 is 6.20. The summed E-state index contributed by atoms with van der Waals surface area (Å²) in [5, 5.41) is 3.47. The fraction of sp³-hybridized carbons (Fsp3) is 0.350. The highest BCUT2D eigenvalue weighted by atomic mass is 35.5. The molecule has 1 atom stereocenters. The van der Waals surface area contributed by atoms with Gasteiger partial charge in [0.1, 0.15) is 0 Å². The molecule has 0 spiro atoms. The van der Waals surface area contributed by atoms with Gasteiger partial charge in [0.2, 0.25) is 10.0 Å². The first-order chi connectivity index (χ1) is 13.3. The predicted molar refractivity (Wildman–Crippen MR) is 108 cm³/mol. The molecule has 0 saturated carbocycles. The Labute approximate surface area is 170 Å². The zero-order chi connectivity index (χ0) is 20.3. The smallest absolute Gasteiger partial charge is 0.252 e. The summed E-state index contributed by atoms with van der Waals surface area (Å²) in [4.78, 5) is 12.9. The lowest BCUT2D eigenvalue weighted by Gasteiger charge is -2.26. The third-order valence-corrected chi connectivity index (χ3v) is 7.02. The minimum Gasteiger partial charge on any atom is -0.379 e. The third kappa shape index (κ3) is 4.38. The molecule has 0 aromatic heterocycles. The highest BCUT2D eigenvalue weighted by Crippen LogP contribution is 2.24. The van der Waals surface area contributed by atoms with Crippen LogP contribution in [0.1, 0.15) is 34.5 Å². The molecule has 6 nitrogen and oxygen atoms in total. The van der Waals surface area contributed by atoms with Gasteiger partial charge in [-0.05, 0) is 43.2 Å². The van der Waals surface area contributed by atoms with Crippen LogP contribution in [0.2, 0.25) is 5.02 Å². The number of benzene rings is 2. The van der Waals surface area contributed by atoms with Crippen molar-refractivity contribution in [2.75, 3.05) is 26.3 Å². The maximum absolute atomic E-state index is 12.9. The number of hydrogen-bond donors (Lipinski definition) is 1. The molecule has 1 saturated heterocycles. The topological polar surface area (TPSA) is 75.7 Å². The second-order valence-electron chi connectivity index (χ2n) is 6.71. The van der Waals surface area contributed by atoms with Gasteiger partial charge in [-0.2, -0.15) is 4.31 Å². The van der Waals surface area contributed by atoms with Crippen molar-refractivity contribution < 1.29 is 17.9 Å². The molecule has 2 aromatic carbocycles. The lowest BCUT2D eigenvalue weighted by molar-refractivity contribution is 0.0730. The van der Waals surface area contributed by atoms with Gasteiger partial charge in [-0.3, -0.25) is 4.79 Å². The number of nitrogens with one attached hydrogen (secondary N) is 1. The zero-order valence-electron chi connectivity index (χ0n) is 15.8. The van der Waals surface area contributed by atoms with Crippen LogP contribution in [-0.2, 0) is 14.8 Å². The molecule has 0 bridgehead atoms. The van der Waals surface area contributed by atoms with Crippen molar-refractivity contribution in [1.82, 2.24) is 9.62 Å². The largest absolute Gasteiger partial charge is 0.379 e. The summed E-state index contributed by atoms with van der Waals surface area (Å²) in [6.45, 7) is 4.97. The quantitative estimate of drug-likeness (QED) is 0.803. The number of carbonyl (C=O) groups excluding carboxylic acids is 1. The second-order valence-corrected chi connectivity index (χ2v) is 9.05. The molecule has 28 heavy (non-hydrogen) atoms. The highest BCUT2D eigenvalue weighted by molar-refractivity contribution is 7.89. The molecular formula is C20H23ClN2O4S. The van der Waals surface area contributed by atoms with Crippen molar-refractivity contribution in [1.29, 1.82) is 0 Å². The predicted octanol–water partition coefficient (Wildman–Crippen LogP) is 3.16. The third-order valence-electron chi connectivity index (χ3n) is 4.78. The van der Waals surface area contributed by atoms with E-state index in [1.165, 1.54) is 16.4 Å². The Morgan fingerprint density at radius 3 is 2.54 bits per heavy atom. The molecule has 150 valence electrons. The van der Waals surface area contributed by atoms with Crippen LogP contribution in [0.15, 0.2) is 47.4 Å². The first-order valence-electron chi connectivity index (χ1n) is 9.04. The molecule has 3 rings (SSSR count). The van der Waals surface area contributed by atoms with Crippen molar-refractivity contribution in [3.63, 3.8) is 0 Å². The maximum atomic E-state index is 12.9. The van der Waals surface area contributed by atoms with E-state index < -0.39 is 10.0 Å². The second kappa shape index (κ2) is 8.61. The molecule has 1 fully saturated rings. The molecule has 1 amide bonds. The van der Waals surface area contributed by atoms with Crippen LogP contribution in [0.4, 0.5) is 0 Å². The van der Waals surface area contributed by atoms with E-state index in [1.807, 2.05) is 25.1 Å². The van der Waals surface area contributed by atoms with Crippen LogP contribution in [0.5, 0.6) is 0 Å². The number of sulfonamides is 1. The average molecular weight is 423 g/mol. The van der Waals surface area contributed by atoms with Crippen molar-refractivity contribution in [3.8, 4) is 0 Å². The molecular weight excluding hydrogens is 400 g/mol. The zero-order valence-corrected chi connectivity index (χ0v) is 17.4. The summed E-state index contributed by atoms with van der Waals surface area (Å²) in [5.74, 6) is -0.344.